The van der Waals surface area contributed by atoms with Crippen LogP contribution in [0.3, 0.4) is 0 Å². The van der Waals surface area contributed by atoms with Gasteiger partial charge in [-0.25, -0.2) is 0 Å². The van der Waals surface area contributed by atoms with Gasteiger partial charge in [-0.1, -0.05) is 39.8 Å². The molecule has 0 saturated carbocycles. The molecule has 0 aliphatic carbocycles. The topological polar surface area (TPSA) is 59.1 Å². The zero-order valence-electron chi connectivity index (χ0n) is 18.1. The lowest BCUT2D eigenvalue weighted by Gasteiger charge is -2.29. The van der Waals surface area contributed by atoms with E-state index in [0.717, 1.165) is 16.2 Å². The van der Waals surface area contributed by atoms with Gasteiger partial charge in [-0.15, -0.1) is 11.3 Å². The van der Waals surface area contributed by atoms with Crippen molar-refractivity contribution in [2.45, 2.75) is 40.8 Å². The molecule has 7 heteroatoms. The van der Waals surface area contributed by atoms with Crippen LogP contribution in [0.2, 0.25) is 0 Å². The Morgan fingerprint density at radius 2 is 1.80 bits per heavy atom. The molecule has 1 aromatic carbocycles. The Hall–Kier alpha value is -2.54. The average molecular weight is 431 g/mol. The minimum atomic E-state index is -0.142. The minimum absolute atomic E-state index is 0.0104. The quantitative estimate of drug-likeness (QED) is 0.600. The first-order valence-electron chi connectivity index (χ1n) is 10.3. The zero-order valence-corrected chi connectivity index (χ0v) is 18.9. The van der Waals surface area contributed by atoms with Crippen molar-refractivity contribution < 1.29 is 19.1 Å². The monoisotopic (exact) mass is 430 g/mol. The lowest BCUT2D eigenvalue weighted by molar-refractivity contribution is -0.143. The van der Waals surface area contributed by atoms with Crippen molar-refractivity contribution in [1.29, 1.82) is 0 Å². The summed E-state index contributed by atoms with van der Waals surface area (Å²) in [5.74, 6) is 1.52. The number of ether oxygens (including phenoxy) is 2. The van der Waals surface area contributed by atoms with Crippen LogP contribution in [0.4, 0.5) is 0 Å². The summed E-state index contributed by atoms with van der Waals surface area (Å²) < 4.78 is 10.9. The van der Waals surface area contributed by atoms with Crippen LogP contribution in [0.5, 0.6) is 11.5 Å². The van der Waals surface area contributed by atoms with Gasteiger partial charge in [0.25, 0.3) is 0 Å². The normalized spacial score (nSPS) is 12.5. The van der Waals surface area contributed by atoms with Gasteiger partial charge >= 0.3 is 0 Å². The molecule has 2 heterocycles. The van der Waals surface area contributed by atoms with Crippen LogP contribution in [0.25, 0.3) is 0 Å². The standard InChI is InChI=1S/C23H30N2O4S/c1-16(2)11-25(23(27)17(3)4)14-22(26)24(13-19-6-5-9-30-19)12-18-7-8-20-21(10-18)29-15-28-20/h5-10,16-17H,11-15H2,1-4H3. The van der Waals surface area contributed by atoms with E-state index < -0.39 is 0 Å². The van der Waals surface area contributed by atoms with Gasteiger partial charge in [0.2, 0.25) is 18.6 Å². The van der Waals surface area contributed by atoms with Crippen molar-refractivity contribution in [3.8, 4) is 11.5 Å². The van der Waals surface area contributed by atoms with E-state index in [9.17, 15) is 9.59 Å². The lowest BCUT2D eigenvalue weighted by atomic mass is 10.1. The first kappa shape index (κ1) is 22.2. The van der Waals surface area contributed by atoms with E-state index in [0.29, 0.717) is 31.3 Å². The van der Waals surface area contributed by atoms with Crippen LogP contribution in [-0.2, 0) is 22.7 Å². The van der Waals surface area contributed by atoms with Gasteiger partial charge in [0, 0.05) is 23.9 Å². The molecule has 6 nitrogen and oxygen atoms in total. The number of hydrogen-bond acceptors (Lipinski definition) is 5. The van der Waals surface area contributed by atoms with Crippen molar-refractivity contribution in [1.82, 2.24) is 9.80 Å². The molecule has 0 radical (unpaired) electrons. The fraction of sp³-hybridized carbons (Fsp3) is 0.478. The third-order valence-electron chi connectivity index (χ3n) is 4.81. The summed E-state index contributed by atoms with van der Waals surface area (Å²) in [6.07, 6.45) is 0. The Kier molecular flexibility index (Phi) is 7.37. The van der Waals surface area contributed by atoms with Crippen molar-refractivity contribution in [2.24, 2.45) is 11.8 Å². The molecule has 1 aliphatic heterocycles. The lowest BCUT2D eigenvalue weighted by Crippen LogP contribution is -2.45. The number of amides is 2. The van der Waals surface area contributed by atoms with Crippen LogP contribution in [-0.4, -0.2) is 41.5 Å². The predicted octanol–water partition coefficient (Wildman–Crippen LogP) is 4.15. The highest BCUT2D eigenvalue weighted by Gasteiger charge is 2.25. The number of nitrogens with zero attached hydrogens (tertiary/aromatic N) is 2. The van der Waals surface area contributed by atoms with E-state index in [1.54, 1.807) is 16.2 Å². The SMILES string of the molecule is CC(C)CN(CC(=O)N(Cc1ccc2c(c1)OCO2)Cc1cccs1)C(=O)C(C)C. The highest BCUT2D eigenvalue weighted by Crippen LogP contribution is 2.33. The van der Waals surface area contributed by atoms with E-state index >= 15 is 0 Å². The van der Waals surface area contributed by atoms with Gasteiger partial charge in [0.05, 0.1) is 13.1 Å². The number of thiophene rings is 1. The zero-order chi connectivity index (χ0) is 21.7. The van der Waals surface area contributed by atoms with Crippen molar-refractivity contribution in [3.63, 3.8) is 0 Å². The van der Waals surface area contributed by atoms with Gasteiger partial charge in [0.15, 0.2) is 11.5 Å². The molecule has 2 aromatic rings. The van der Waals surface area contributed by atoms with Gasteiger partial charge in [-0.3, -0.25) is 9.59 Å². The smallest absolute Gasteiger partial charge is 0.242 e. The summed E-state index contributed by atoms with van der Waals surface area (Å²) in [4.78, 5) is 30.6. The molecule has 0 N–H and O–H groups in total. The summed E-state index contributed by atoms with van der Waals surface area (Å²) in [5, 5.41) is 2.01. The second kappa shape index (κ2) is 9.98. The number of rotatable bonds is 9. The molecule has 30 heavy (non-hydrogen) atoms. The molecule has 2 amide bonds. The maximum absolute atomic E-state index is 13.3. The Morgan fingerprint density at radius 1 is 1.03 bits per heavy atom. The van der Waals surface area contributed by atoms with Crippen molar-refractivity contribution in [3.05, 3.63) is 46.2 Å². The second-order valence-corrected chi connectivity index (χ2v) is 9.32. The van der Waals surface area contributed by atoms with Crippen LogP contribution in [0.1, 0.15) is 38.1 Å². The first-order chi connectivity index (χ1) is 14.3. The Balaban J connectivity index is 1.78. The summed E-state index contributed by atoms with van der Waals surface area (Å²) in [6.45, 7) is 9.69. The third kappa shape index (κ3) is 5.75. The van der Waals surface area contributed by atoms with Gasteiger partial charge in [-0.05, 0) is 35.1 Å². The van der Waals surface area contributed by atoms with Crippen LogP contribution in [0.15, 0.2) is 35.7 Å². The highest BCUT2D eigenvalue weighted by atomic mass is 32.1. The summed E-state index contributed by atoms with van der Waals surface area (Å²) >= 11 is 1.62. The molecular formula is C23H30N2O4S. The van der Waals surface area contributed by atoms with Gasteiger partial charge in [0.1, 0.15) is 0 Å². The first-order valence-corrected chi connectivity index (χ1v) is 11.2. The molecule has 0 bridgehead atoms. The molecule has 0 fully saturated rings. The fourth-order valence-electron chi connectivity index (χ4n) is 3.38. The van der Waals surface area contributed by atoms with Crippen LogP contribution in [0, 0.1) is 11.8 Å². The summed E-state index contributed by atoms with van der Waals surface area (Å²) in [5.41, 5.74) is 0.967. The summed E-state index contributed by atoms with van der Waals surface area (Å²) in [6, 6.07) is 9.75. The minimum Gasteiger partial charge on any atom is -0.454 e. The van der Waals surface area contributed by atoms with E-state index in [4.69, 9.17) is 9.47 Å². The van der Waals surface area contributed by atoms with E-state index in [-0.39, 0.29) is 31.1 Å². The molecule has 0 saturated heterocycles. The van der Waals surface area contributed by atoms with E-state index in [1.807, 2.05) is 54.5 Å². The predicted molar refractivity (Wildman–Crippen MR) is 117 cm³/mol. The Labute approximate surface area is 182 Å². The number of fused-ring (bicyclic) bond motifs is 1. The Bertz CT molecular complexity index is 864. The molecule has 162 valence electrons. The maximum Gasteiger partial charge on any atom is 0.242 e. The molecule has 1 aromatic heterocycles. The van der Waals surface area contributed by atoms with E-state index in [1.165, 1.54) is 0 Å². The molecule has 0 spiro atoms. The maximum atomic E-state index is 13.3. The Morgan fingerprint density at radius 3 is 2.47 bits per heavy atom. The third-order valence-corrected chi connectivity index (χ3v) is 5.67. The number of benzene rings is 1. The second-order valence-electron chi connectivity index (χ2n) is 8.28. The summed E-state index contributed by atoms with van der Waals surface area (Å²) in [7, 11) is 0. The number of carbonyl (C=O) groups is 2. The van der Waals surface area contributed by atoms with Crippen molar-refractivity contribution >= 4 is 23.2 Å². The average Bonchev–Trinajstić information content (AvgIpc) is 3.37. The van der Waals surface area contributed by atoms with Gasteiger partial charge < -0.3 is 19.3 Å². The largest absolute Gasteiger partial charge is 0.454 e. The van der Waals surface area contributed by atoms with E-state index in [2.05, 4.69) is 13.8 Å². The molecular weight excluding hydrogens is 400 g/mol. The highest BCUT2D eigenvalue weighted by molar-refractivity contribution is 7.09. The molecule has 0 atom stereocenters. The van der Waals surface area contributed by atoms with Gasteiger partial charge in [-0.2, -0.15) is 0 Å². The molecule has 0 unspecified atom stereocenters. The molecule has 1 aliphatic rings. The number of hydrogen-bond donors (Lipinski definition) is 0. The van der Waals surface area contributed by atoms with Crippen molar-refractivity contribution in [2.75, 3.05) is 19.9 Å². The van der Waals surface area contributed by atoms with Crippen LogP contribution < -0.4 is 9.47 Å². The number of carbonyl (C=O) groups excluding carboxylic acids is 2. The van der Waals surface area contributed by atoms with Crippen LogP contribution >= 0.6 is 11.3 Å². The fourth-order valence-corrected chi connectivity index (χ4v) is 4.10. The molecule has 3 rings (SSSR count).